The van der Waals surface area contributed by atoms with Gasteiger partial charge >= 0.3 is 11.9 Å². The van der Waals surface area contributed by atoms with Crippen molar-refractivity contribution in [3.63, 3.8) is 0 Å². The topological polar surface area (TPSA) is 65.0 Å². The lowest BCUT2D eigenvalue weighted by Crippen LogP contribution is -2.07. The molecule has 0 saturated heterocycles. The van der Waals surface area contributed by atoms with Crippen LogP contribution in [0.4, 0.5) is 0 Å². The highest BCUT2D eigenvalue weighted by molar-refractivity contribution is 7.12. The molecule has 2 heterocycles. The second-order valence-corrected chi connectivity index (χ2v) is 6.59. The van der Waals surface area contributed by atoms with Gasteiger partial charge in [-0.3, -0.25) is 0 Å². The van der Waals surface area contributed by atoms with E-state index in [-0.39, 0.29) is 5.70 Å². The highest BCUT2D eigenvalue weighted by Gasteiger charge is 2.24. The average molecular weight is 375 g/mol. The molecule has 1 aliphatic rings. The number of rotatable bonds is 4. The lowest BCUT2D eigenvalue weighted by atomic mass is 10.2. The Morgan fingerprint density at radius 2 is 1.78 bits per heavy atom. The second kappa shape index (κ2) is 7.39. The zero-order chi connectivity index (χ0) is 18.6. The zero-order valence-corrected chi connectivity index (χ0v) is 14.8. The number of hydrogen-bond donors (Lipinski definition) is 0. The van der Waals surface area contributed by atoms with Gasteiger partial charge in [-0.05, 0) is 47.4 Å². The van der Waals surface area contributed by atoms with Crippen LogP contribution in [0.2, 0.25) is 0 Å². The molecular formula is C21H13NO4S. The maximum absolute atomic E-state index is 12.1. The first kappa shape index (κ1) is 16.9. The van der Waals surface area contributed by atoms with E-state index in [1.807, 2.05) is 23.6 Å². The SMILES string of the molecule is O=C1OC(c2cccs2)=N/C1=C\c1ccc(OC(=O)c2ccccc2)cc1. The molecule has 27 heavy (non-hydrogen) atoms. The molecule has 0 bridgehead atoms. The van der Waals surface area contributed by atoms with E-state index >= 15 is 0 Å². The fraction of sp³-hybridized carbons (Fsp3) is 0. The molecule has 0 aliphatic carbocycles. The Hall–Kier alpha value is -3.51. The first-order valence-electron chi connectivity index (χ1n) is 8.13. The Kier molecular flexibility index (Phi) is 4.63. The standard InChI is InChI=1S/C21H13NO4S/c23-20(15-5-2-1-3-6-15)25-16-10-8-14(9-11-16)13-17-21(24)26-19(22-17)18-7-4-12-27-18/h1-13H/b17-13-. The summed E-state index contributed by atoms with van der Waals surface area (Å²) in [5, 5.41) is 1.89. The van der Waals surface area contributed by atoms with Crippen LogP contribution in [0, 0.1) is 0 Å². The highest BCUT2D eigenvalue weighted by Crippen LogP contribution is 2.22. The molecule has 3 aromatic rings. The van der Waals surface area contributed by atoms with Crippen LogP contribution < -0.4 is 4.74 Å². The molecule has 1 aromatic heterocycles. The van der Waals surface area contributed by atoms with E-state index in [2.05, 4.69) is 4.99 Å². The van der Waals surface area contributed by atoms with Crippen LogP contribution in [0.5, 0.6) is 5.75 Å². The van der Waals surface area contributed by atoms with Crippen molar-refractivity contribution in [2.24, 2.45) is 4.99 Å². The number of nitrogens with zero attached hydrogens (tertiary/aromatic N) is 1. The summed E-state index contributed by atoms with van der Waals surface area (Å²) >= 11 is 1.45. The largest absolute Gasteiger partial charge is 0.423 e. The molecule has 2 aromatic carbocycles. The van der Waals surface area contributed by atoms with E-state index in [1.165, 1.54) is 11.3 Å². The fourth-order valence-electron chi connectivity index (χ4n) is 2.44. The summed E-state index contributed by atoms with van der Waals surface area (Å²) < 4.78 is 10.5. The van der Waals surface area contributed by atoms with Gasteiger partial charge in [0.05, 0.1) is 10.4 Å². The fourth-order valence-corrected chi connectivity index (χ4v) is 3.09. The van der Waals surface area contributed by atoms with Crippen molar-refractivity contribution >= 4 is 35.2 Å². The molecule has 0 saturated carbocycles. The van der Waals surface area contributed by atoms with Gasteiger partial charge < -0.3 is 9.47 Å². The van der Waals surface area contributed by atoms with Gasteiger partial charge in [-0.25, -0.2) is 14.6 Å². The zero-order valence-electron chi connectivity index (χ0n) is 14.0. The third-order valence-corrected chi connectivity index (χ3v) is 4.61. The molecule has 5 nitrogen and oxygen atoms in total. The lowest BCUT2D eigenvalue weighted by molar-refractivity contribution is -0.129. The van der Waals surface area contributed by atoms with E-state index in [4.69, 9.17) is 9.47 Å². The number of benzene rings is 2. The second-order valence-electron chi connectivity index (χ2n) is 5.64. The summed E-state index contributed by atoms with van der Waals surface area (Å²) in [6.07, 6.45) is 1.63. The number of ether oxygens (including phenoxy) is 2. The van der Waals surface area contributed by atoms with Crippen molar-refractivity contribution in [1.82, 2.24) is 0 Å². The molecule has 0 fully saturated rings. The molecule has 0 radical (unpaired) electrons. The predicted octanol–water partition coefficient (Wildman–Crippen LogP) is 4.31. The highest BCUT2D eigenvalue weighted by atomic mass is 32.1. The van der Waals surface area contributed by atoms with Crippen LogP contribution in [0.15, 0.2) is 82.8 Å². The molecule has 1 aliphatic heterocycles. The smallest absolute Gasteiger partial charge is 0.363 e. The number of aliphatic imine (C=N–C) groups is 1. The van der Waals surface area contributed by atoms with Gasteiger partial charge in [0.25, 0.3) is 0 Å². The number of cyclic esters (lactones) is 1. The minimum Gasteiger partial charge on any atom is -0.423 e. The summed E-state index contributed by atoms with van der Waals surface area (Å²) in [7, 11) is 0. The van der Waals surface area contributed by atoms with Crippen molar-refractivity contribution < 1.29 is 19.1 Å². The maximum Gasteiger partial charge on any atom is 0.363 e. The van der Waals surface area contributed by atoms with Gasteiger partial charge in [-0.2, -0.15) is 0 Å². The first-order valence-corrected chi connectivity index (χ1v) is 9.01. The Morgan fingerprint density at radius 3 is 2.48 bits per heavy atom. The van der Waals surface area contributed by atoms with Crippen LogP contribution in [-0.4, -0.2) is 17.8 Å². The molecule has 132 valence electrons. The summed E-state index contributed by atoms with van der Waals surface area (Å²) in [4.78, 5) is 29.1. The van der Waals surface area contributed by atoms with E-state index in [0.29, 0.717) is 17.2 Å². The summed E-state index contributed by atoms with van der Waals surface area (Å²) in [5.74, 6) is -0.179. The van der Waals surface area contributed by atoms with E-state index < -0.39 is 11.9 Å². The van der Waals surface area contributed by atoms with Gasteiger partial charge in [0.1, 0.15) is 5.75 Å². The summed E-state index contributed by atoms with van der Waals surface area (Å²) in [5.41, 5.74) is 1.46. The number of carbonyl (C=O) groups excluding carboxylic acids is 2. The van der Waals surface area contributed by atoms with Crippen LogP contribution in [0.3, 0.4) is 0 Å². The van der Waals surface area contributed by atoms with Gasteiger partial charge in [-0.1, -0.05) is 36.4 Å². The van der Waals surface area contributed by atoms with Crippen molar-refractivity contribution in [1.29, 1.82) is 0 Å². The molecule has 0 unspecified atom stereocenters. The first-order chi connectivity index (χ1) is 13.2. The molecule has 6 heteroatoms. The minimum atomic E-state index is -0.488. The van der Waals surface area contributed by atoms with Crippen molar-refractivity contribution in [2.45, 2.75) is 0 Å². The van der Waals surface area contributed by atoms with Gasteiger partial charge in [0.15, 0.2) is 5.70 Å². The molecule has 0 N–H and O–H groups in total. The van der Waals surface area contributed by atoms with E-state index in [1.54, 1.807) is 54.6 Å². The molecular weight excluding hydrogens is 362 g/mol. The van der Waals surface area contributed by atoms with Crippen LogP contribution in [0.1, 0.15) is 20.8 Å². The predicted molar refractivity (Wildman–Crippen MR) is 103 cm³/mol. The Morgan fingerprint density at radius 1 is 1.00 bits per heavy atom. The van der Waals surface area contributed by atoms with Gasteiger partial charge in [-0.15, -0.1) is 11.3 Å². The number of esters is 2. The third-order valence-electron chi connectivity index (χ3n) is 3.76. The molecule has 0 spiro atoms. The van der Waals surface area contributed by atoms with Crippen molar-refractivity contribution in [3.8, 4) is 5.75 Å². The van der Waals surface area contributed by atoms with Gasteiger partial charge in [0, 0.05) is 0 Å². The third kappa shape index (κ3) is 3.86. The monoisotopic (exact) mass is 375 g/mol. The number of carbonyl (C=O) groups is 2. The maximum atomic E-state index is 12.1. The van der Waals surface area contributed by atoms with Gasteiger partial charge in [0.2, 0.25) is 5.90 Å². The Balaban J connectivity index is 1.48. The molecule has 0 amide bonds. The average Bonchev–Trinajstić information content (AvgIpc) is 3.34. The molecule has 4 rings (SSSR count). The van der Waals surface area contributed by atoms with Crippen molar-refractivity contribution in [2.75, 3.05) is 0 Å². The van der Waals surface area contributed by atoms with Crippen LogP contribution >= 0.6 is 11.3 Å². The Labute approximate surface area is 159 Å². The van der Waals surface area contributed by atoms with Crippen molar-refractivity contribution in [3.05, 3.63) is 93.8 Å². The minimum absolute atomic E-state index is 0.229. The summed E-state index contributed by atoms with van der Waals surface area (Å²) in [6.45, 7) is 0. The quantitative estimate of drug-likeness (QED) is 0.387. The number of hydrogen-bond acceptors (Lipinski definition) is 6. The van der Waals surface area contributed by atoms with E-state index in [0.717, 1.165) is 10.4 Å². The lowest BCUT2D eigenvalue weighted by Gasteiger charge is -2.04. The van der Waals surface area contributed by atoms with Crippen LogP contribution in [-0.2, 0) is 9.53 Å². The normalized spacial score (nSPS) is 14.7. The summed E-state index contributed by atoms with van der Waals surface area (Å²) in [6, 6.07) is 19.3. The van der Waals surface area contributed by atoms with Crippen LogP contribution in [0.25, 0.3) is 6.08 Å². The number of thiophene rings is 1. The Bertz CT molecular complexity index is 1040. The van der Waals surface area contributed by atoms with E-state index in [9.17, 15) is 9.59 Å². The molecule has 0 atom stereocenters.